The molecule has 0 amide bonds. The van der Waals surface area contributed by atoms with Gasteiger partial charge >= 0.3 is 23.9 Å². The van der Waals surface area contributed by atoms with Crippen molar-refractivity contribution in [3.05, 3.63) is 48.0 Å². The van der Waals surface area contributed by atoms with Gasteiger partial charge in [0.25, 0.3) is 0 Å². The minimum atomic E-state index is -1.49. The smallest absolute Gasteiger partial charge is 0.319 e. The van der Waals surface area contributed by atoms with Gasteiger partial charge in [0.15, 0.2) is 0 Å². The SMILES string of the molecule is C#CCCCC(=O)OCC(C)(COC(=O)CCCC#C)C(=O)O[C@@H](CCc1ccccc1)CC[C@@H]1[C@@H](CC=CCCCC(=O)OC(C)C)[C@@H](O)C[C@H]1O. The van der Waals surface area contributed by atoms with Crippen LogP contribution in [0.3, 0.4) is 0 Å². The van der Waals surface area contributed by atoms with Gasteiger partial charge in [0.1, 0.15) is 24.7 Å². The summed E-state index contributed by atoms with van der Waals surface area (Å²) in [6, 6.07) is 9.80. The molecule has 10 heteroatoms. The van der Waals surface area contributed by atoms with Crippen molar-refractivity contribution < 1.29 is 48.3 Å². The van der Waals surface area contributed by atoms with Crippen LogP contribution in [0.1, 0.15) is 116 Å². The second-order valence-corrected chi connectivity index (χ2v) is 14.5. The second-order valence-electron chi connectivity index (χ2n) is 14.5. The van der Waals surface area contributed by atoms with E-state index < -0.39 is 41.6 Å². The third kappa shape index (κ3) is 18.0. The number of ether oxygens (including phenoxy) is 4. The molecule has 0 aliphatic heterocycles. The van der Waals surface area contributed by atoms with Crippen LogP contribution in [0.15, 0.2) is 42.5 Å². The summed E-state index contributed by atoms with van der Waals surface area (Å²) in [5.74, 6) is 2.59. The Bertz CT molecular complexity index is 1340. The standard InChI is InChI=1S/C43H60O10/c1-6-8-13-22-39(46)50-30-43(5,31-51-40(47)23-14-9-7-2)42(49)53-34(26-25-33-19-15-12-16-20-33)27-28-36-35(37(44)29-38(36)45)21-17-10-11-18-24-41(48)52-32(3)4/h1-2,10,12,15-17,19-20,32,34-38,44-45H,8-9,11,13-14,18,21-31H2,3-5H3/t34-,35+,36+,37-,38+/m0/s1. The zero-order chi connectivity index (χ0) is 39.1. The maximum atomic E-state index is 13.9. The number of carbonyl (C=O) groups excluding carboxylic acids is 4. The fraction of sp³-hybridized carbons (Fsp3) is 0.628. The molecule has 2 N–H and O–H groups in total. The van der Waals surface area contributed by atoms with Crippen molar-refractivity contribution in [2.24, 2.45) is 17.3 Å². The molecule has 1 aliphatic carbocycles. The van der Waals surface area contributed by atoms with E-state index in [1.54, 1.807) is 6.92 Å². The molecule has 0 aromatic heterocycles. The first-order chi connectivity index (χ1) is 25.4. The molecule has 0 saturated heterocycles. The average Bonchev–Trinajstić information content (AvgIpc) is 3.40. The second kappa shape index (κ2) is 25.0. The summed E-state index contributed by atoms with van der Waals surface area (Å²) in [4.78, 5) is 50.7. The summed E-state index contributed by atoms with van der Waals surface area (Å²) in [6.07, 6.45) is 18.9. The van der Waals surface area contributed by atoms with Gasteiger partial charge in [-0.15, -0.1) is 24.7 Å². The third-order valence-electron chi connectivity index (χ3n) is 9.41. The molecule has 0 heterocycles. The van der Waals surface area contributed by atoms with E-state index in [0.29, 0.717) is 77.0 Å². The van der Waals surface area contributed by atoms with Crippen LogP contribution in [0.2, 0.25) is 0 Å². The predicted molar refractivity (Wildman–Crippen MR) is 202 cm³/mol. The van der Waals surface area contributed by atoms with Crippen LogP contribution >= 0.6 is 0 Å². The fourth-order valence-electron chi connectivity index (χ4n) is 6.32. The molecule has 0 radical (unpaired) electrons. The molecule has 1 aromatic rings. The van der Waals surface area contributed by atoms with Crippen LogP contribution in [0.5, 0.6) is 0 Å². The van der Waals surface area contributed by atoms with E-state index in [2.05, 4.69) is 11.8 Å². The van der Waals surface area contributed by atoms with Crippen LogP contribution in [-0.2, 0) is 44.5 Å². The lowest BCUT2D eigenvalue weighted by molar-refractivity contribution is -0.174. The van der Waals surface area contributed by atoms with Crippen molar-refractivity contribution in [3.63, 3.8) is 0 Å². The largest absolute Gasteiger partial charge is 0.464 e. The Hall–Kier alpha value is -4.12. The number of rotatable bonds is 25. The Balaban J connectivity index is 2.15. The van der Waals surface area contributed by atoms with Crippen molar-refractivity contribution in [1.29, 1.82) is 0 Å². The maximum Gasteiger partial charge on any atom is 0.319 e. The lowest BCUT2D eigenvalue weighted by Gasteiger charge is -2.30. The van der Waals surface area contributed by atoms with Gasteiger partial charge < -0.3 is 29.2 Å². The maximum absolute atomic E-state index is 13.9. The number of aliphatic hydroxyl groups is 2. The van der Waals surface area contributed by atoms with Crippen LogP contribution < -0.4 is 0 Å². The van der Waals surface area contributed by atoms with E-state index >= 15 is 0 Å². The molecule has 5 atom stereocenters. The van der Waals surface area contributed by atoms with E-state index in [4.69, 9.17) is 31.8 Å². The normalized spacial score (nSPS) is 18.9. The number of esters is 4. The molecule has 0 bridgehead atoms. The highest BCUT2D eigenvalue weighted by molar-refractivity contribution is 5.78. The lowest BCUT2D eigenvalue weighted by atomic mass is 9.85. The van der Waals surface area contributed by atoms with Crippen LogP contribution in [0, 0.1) is 41.9 Å². The van der Waals surface area contributed by atoms with Crippen LogP contribution in [-0.4, -0.2) is 71.7 Å². The third-order valence-corrected chi connectivity index (χ3v) is 9.41. The Kier molecular flexibility index (Phi) is 21.2. The molecule has 292 valence electrons. The van der Waals surface area contributed by atoms with Gasteiger partial charge in [-0.1, -0.05) is 42.5 Å². The number of aliphatic hydroxyl groups excluding tert-OH is 2. The van der Waals surface area contributed by atoms with Gasteiger partial charge in [-0.25, -0.2) is 0 Å². The number of terminal acetylenes is 2. The number of carbonyl (C=O) groups is 4. The molecule has 0 spiro atoms. The fourth-order valence-corrected chi connectivity index (χ4v) is 6.32. The van der Waals surface area contributed by atoms with Crippen LogP contribution in [0.4, 0.5) is 0 Å². The van der Waals surface area contributed by atoms with Gasteiger partial charge in [-0.2, -0.15) is 0 Å². The van der Waals surface area contributed by atoms with E-state index in [-0.39, 0.29) is 56.4 Å². The van der Waals surface area contributed by atoms with E-state index in [1.165, 1.54) is 0 Å². The molecular formula is C43H60O10. The molecule has 2 rings (SSSR count). The van der Waals surface area contributed by atoms with Crippen molar-refractivity contribution in [2.75, 3.05) is 13.2 Å². The highest BCUT2D eigenvalue weighted by atomic mass is 16.6. The lowest BCUT2D eigenvalue weighted by Crippen LogP contribution is -2.42. The molecular weight excluding hydrogens is 676 g/mol. The molecule has 1 saturated carbocycles. The van der Waals surface area contributed by atoms with E-state index in [0.717, 1.165) is 5.56 Å². The molecule has 10 nitrogen and oxygen atoms in total. The number of aryl methyl sites for hydroxylation is 1. The minimum Gasteiger partial charge on any atom is -0.464 e. The zero-order valence-corrected chi connectivity index (χ0v) is 31.8. The Morgan fingerprint density at radius 3 is 2.00 bits per heavy atom. The monoisotopic (exact) mass is 736 g/mol. The van der Waals surface area contributed by atoms with Gasteiger partial charge in [0.2, 0.25) is 0 Å². The number of benzene rings is 1. The van der Waals surface area contributed by atoms with Gasteiger partial charge in [-0.3, -0.25) is 19.2 Å². The summed E-state index contributed by atoms with van der Waals surface area (Å²) in [5.41, 5.74) is -0.425. The average molecular weight is 737 g/mol. The van der Waals surface area contributed by atoms with E-state index in [9.17, 15) is 29.4 Å². The molecule has 0 unspecified atom stereocenters. The minimum absolute atomic E-state index is 0.0831. The zero-order valence-electron chi connectivity index (χ0n) is 31.8. The van der Waals surface area contributed by atoms with Crippen molar-refractivity contribution in [3.8, 4) is 24.7 Å². The van der Waals surface area contributed by atoms with Gasteiger partial charge in [-0.05, 0) is 102 Å². The molecule has 1 aromatic carbocycles. The molecule has 1 fully saturated rings. The van der Waals surface area contributed by atoms with Gasteiger partial charge in [0.05, 0.1) is 18.3 Å². The molecule has 53 heavy (non-hydrogen) atoms. The Morgan fingerprint density at radius 1 is 0.830 bits per heavy atom. The quantitative estimate of drug-likeness (QED) is 0.0378. The summed E-state index contributed by atoms with van der Waals surface area (Å²) < 4.78 is 22.3. The number of hydrogen-bond acceptors (Lipinski definition) is 10. The van der Waals surface area contributed by atoms with Crippen LogP contribution in [0.25, 0.3) is 0 Å². The number of unbranched alkanes of at least 4 members (excludes halogenated alkanes) is 3. The summed E-state index contributed by atoms with van der Waals surface area (Å²) in [5, 5.41) is 21.8. The Labute approximate surface area is 316 Å². The summed E-state index contributed by atoms with van der Waals surface area (Å²) >= 11 is 0. The summed E-state index contributed by atoms with van der Waals surface area (Å²) in [7, 11) is 0. The van der Waals surface area contributed by atoms with Crippen molar-refractivity contribution in [2.45, 2.75) is 141 Å². The number of hydrogen-bond donors (Lipinski definition) is 2. The topological polar surface area (TPSA) is 146 Å². The first kappa shape index (κ1) is 45.0. The molecule has 1 aliphatic rings. The highest BCUT2D eigenvalue weighted by Crippen LogP contribution is 2.39. The van der Waals surface area contributed by atoms with Crippen molar-refractivity contribution >= 4 is 23.9 Å². The number of allylic oxidation sites excluding steroid dienone is 2. The van der Waals surface area contributed by atoms with E-state index in [1.807, 2.05) is 56.3 Å². The highest BCUT2D eigenvalue weighted by Gasteiger charge is 2.42. The first-order valence-corrected chi connectivity index (χ1v) is 19.0. The Morgan fingerprint density at radius 2 is 1.42 bits per heavy atom. The first-order valence-electron chi connectivity index (χ1n) is 19.0. The predicted octanol–water partition coefficient (Wildman–Crippen LogP) is 6.44. The van der Waals surface area contributed by atoms with Gasteiger partial charge in [0, 0.05) is 32.1 Å². The summed E-state index contributed by atoms with van der Waals surface area (Å²) in [6.45, 7) is 4.46. The van der Waals surface area contributed by atoms with Crippen molar-refractivity contribution in [1.82, 2.24) is 0 Å².